The molecule has 2 aromatic rings. The summed E-state index contributed by atoms with van der Waals surface area (Å²) in [6, 6.07) is 12.5. The molecule has 0 aliphatic rings. The standard InChI is InChI=1S/C15H20N2O/c1-17(2)14-7-5-13(6-8-14)12-16-10-9-15-4-3-11-18-15/h3-8,11,16H,9-10,12H2,1-2H3. The Hall–Kier alpha value is -1.74. The lowest BCUT2D eigenvalue weighted by atomic mass is 10.2. The molecule has 0 radical (unpaired) electrons. The summed E-state index contributed by atoms with van der Waals surface area (Å²) < 4.78 is 5.28. The van der Waals surface area contributed by atoms with Gasteiger partial charge in [0, 0.05) is 39.3 Å². The third-order valence-corrected chi connectivity index (χ3v) is 2.91. The summed E-state index contributed by atoms with van der Waals surface area (Å²) in [7, 11) is 4.10. The van der Waals surface area contributed by atoms with E-state index in [1.807, 2.05) is 12.1 Å². The zero-order valence-corrected chi connectivity index (χ0v) is 11.0. The van der Waals surface area contributed by atoms with Crippen molar-refractivity contribution in [1.82, 2.24) is 5.32 Å². The van der Waals surface area contributed by atoms with E-state index in [4.69, 9.17) is 4.42 Å². The van der Waals surface area contributed by atoms with Crippen molar-refractivity contribution in [3.63, 3.8) is 0 Å². The lowest BCUT2D eigenvalue weighted by Crippen LogP contribution is -2.16. The smallest absolute Gasteiger partial charge is 0.105 e. The number of anilines is 1. The van der Waals surface area contributed by atoms with E-state index < -0.39 is 0 Å². The minimum atomic E-state index is 0.897. The summed E-state index contributed by atoms with van der Waals surface area (Å²) in [6.07, 6.45) is 2.65. The first-order valence-electron chi connectivity index (χ1n) is 6.25. The van der Waals surface area contributed by atoms with Gasteiger partial charge in [0.05, 0.1) is 6.26 Å². The molecule has 0 fully saturated rings. The first-order chi connectivity index (χ1) is 8.75. The Balaban J connectivity index is 1.73. The van der Waals surface area contributed by atoms with Crippen LogP contribution in [0.5, 0.6) is 0 Å². The summed E-state index contributed by atoms with van der Waals surface area (Å²) >= 11 is 0. The fourth-order valence-corrected chi connectivity index (χ4v) is 1.81. The number of nitrogens with one attached hydrogen (secondary N) is 1. The summed E-state index contributed by atoms with van der Waals surface area (Å²) in [5.74, 6) is 1.03. The Morgan fingerprint density at radius 3 is 2.50 bits per heavy atom. The Morgan fingerprint density at radius 1 is 1.11 bits per heavy atom. The molecule has 0 unspecified atom stereocenters. The number of hydrogen-bond donors (Lipinski definition) is 1. The third kappa shape index (κ3) is 3.64. The van der Waals surface area contributed by atoms with Gasteiger partial charge < -0.3 is 14.6 Å². The van der Waals surface area contributed by atoms with E-state index in [0.717, 1.165) is 25.3 Å². The van der Waals surface area contributed by atoms with Gasteiger partial charge in [0.25, 0.3) is 0 Å². The van der Waals surface area contributed by atoms with Crippen molar-refractivity contribution in [2.24, 2.45) is 0 Å². The van der Waals surface area contributed by atoms with E-state index >= 15 is 0 Å². The zero-order chi connectivity index (χ0) is 12.8. The fourth-order valence-electron chi connectivity index (χ4n) is 1.81. The highest BCUT2D eigenvalue weighted by atomic mass is 16.3. The van der Waals surface area contributed by atoms with Crippen molar-refractivity contribution in [3.8, 4) is 0 Å². The van der Waals surface area contributed by atoms with Gasteiger partial charge in [-0.3, -0.25) is 0 Å². The highest BCUT2D eigenvalue weighted by Crippen LogP contribution is 2.11. The molecule has 18 heavy (non-hydrogen) atoms. The van der Waals surface area contributed by atoms with Crippen LogP contribution < -0.4 is 10.2 Å². The van der Waals surface area contributed by atoms with Crippen LogP contribution in [0.2, 0.25) is 0 Å². The third-order valence-electron chi connectivity index (χ3n) is 2.91. The summed E-state index contributed by atoms with van der Waals surface area (Å²) in [5.41, 5.74) is 2.54. The van der Waals surface area contributed by atoms with Gasteiger partial charge in [-0.2, -0.15) is 0 Å². The molecule has 3 heteroatoms. The number of furan rings is 1. The van der Waals surface area contributed by atoms with Gasteiger partial charge in [-0.05, 0) is 29.8 Å². The summed E-state index contributed by atoms with van der Waals surface area (Å²) in [5, 5.41) is 3.42. The molecule has 1 aromatic carbocycles. The highest BCUT2D eigenvalue weighted by molar-refractivity contribution is 5.45. The van der Waals surface area contributed by atoms with Crippen LogP contribution in [0.1, 0.15) is 11.3 Å². The molecule has 0 atom stereocenters. The van der Waals surface area contributed by atoms with Crippen molar-refractivity contribution in [3.05, 3.63) is 54.0 Å². The molecule has 0 aliphatic carbocycles. The van der Waals surface area contributed by atoms with Crippen LogP contribution >= 0.6 is 0 Å². The first kappa shape index (κ1) is 12.7. The van der Waals surface area contributed by atoms with Crippen molar-refractivity contribution in [1.29, 1.82) is 0 Å². The van der Waals surface area contributed by atoms with Crippen molar-refractivity contribution >= 4 is 5.69 Å². The average molecular weight is 244 g/mol. The molecule has 1 N–H and O–H groups in total. The number of nitrogens with zero attached hydrogens (tertiary/aromatic N) is 1. The number of rotatable bonds is 6. The molecule has 1 aromatic heterocycles. The van der Waals surface area contributed by atoms with Gasteiger partial charge in [-0.1, -0.05) is 12.1 Å². The lowest BCUT2D eigenvalue weighted by Gasteiger charge is -2.12. The molecule has 0 spiro atoms. The number of hydrogen-bond acceptors (Lipinski definition) is 3. The Kier molecular flexibility index (Phi) is 4.42. The first-order valence-corrected chi connectivity index (χ1v) is 6.25. The summed E-state index contributed by atoms with van der Waals surface area (Å²) in [6.45, 7) is 1.83. The maximum atomic E-state index is 5.28. The molecule has 0 amide bonds. The lowest BCUT2D eigenvalue weighted by molar-refractivity contribution is 0.499. The average Bonchev–Trinajstić information content (AvgIpc) is 2.88. The Bertz CT molecular complexity index is 446. The van der Waals surface area contributed by atoms with Gasteiger partial charge in [-0.25, -0.2) is 0 Å². The normalized spacial score (nSPS) is 10.6. The van der Waals surface area contributed by atoms with E-state index in [0.29, 0.717) is 0 Å². The van der Waals surface area contributed by atoms with Crippen LogP contribution in [0.4, 0.5) is 5.69 Å². The monoisotopic (exact) mass is 244 g/mol. The highest BCUT2D eigenvalue weighted by Gasteiger charge is 1.97. The molecule has 96 valence electrons. The maximum absolute atomic E-state index is 5.28. The van der Waals surface area contributed by atoms with Crippen LogP contribution in [0.3, 0.4) is 0 Å². The Morgan fingerprint density at radius 2 is 1.89 bits per heavy atom. The number of benzene rings is 1. The van der Waals surface area contributed by atoms with E-state index in [2.05, 4.69) is 48.6 Å². The van der Waals surface area contributed by atoms with Crippen LogP contribution in [-0.2, 0) is 13.0 Å². The second-order valence-corrected chi connectivity index (χ2v) is 4.57. The van der Waals surface area contributed by atoms with E-state index in [1.54, 1.807) is 6.26 Å². The largest absolute Gasteiger partial charge is 0.469 e. The van der Waals surface area contributed by atoms with E-state index in [9.17, 15) is 0 Å². The predicted octanol–water partition coefficient (Wildman–Crippen LogP) is 2.68. The van der Waals surface area contributed by atoms with Gasteiger partial charge in [-0.15, -0.1) is 0 Å². The van der Waals surface area contributed by atoms with Gasteiger partial charge in [0.15, 0.2) is 0 Å². The zero-order valence-electron chi connectivity index (χ0n) is 11.0. The second kappa shape index (κ2) is 6.26. The predicted molar refractivity (Wildman–Crippen MR) is 74.9 cm³/mol. The Labute approximate surface area is 108 Å². The molecule has 3 nitrogen and oxygen atoms in total. The minimum Gasteiger partial charge on any atom is -0.469 e. The van der Waals surface area contributed by atoms with Crippen LogP contribution in [-0.4, -0.2) is 20.6 Å². The van der Waals surface area contributed by atoms with Crippen molar-refractivity contribution in [2.75, 3.05) is 25.5 Å². The summed E-state index contributed by atoms with van der Waals surface area (Å²) in [4.78, 5) is 2.11. The van der Waals surface area contributed by atoms with E-state index in [1.165, 1.54) is 11.3 Å². The molecule has 0 saturated heterocycles. The minimum absolute atomic E-state index is 0.897. The van der Waals surface area contributed by atoms with Gasteiger partial charge in [0.1, 0.15) is 5.76 Å². The second-order valence-electron chi connectivity index (χ2n) is 4.57. The van der Waals surface area contributed by atoms with Crippen LogP contribution in [0, 0.1) is 0 Å². The van der Waals surface area contributed by atoms with Gasteiger partial charge >= 0.3 is 0 Å². The van der Waals surface area contributed by atoms with Crippen molar-refractivity contribution < 1.29 is 4.42 Å². The van der Waals surface area contributed by atoms with Crippen LogP contribution in [0.15, 0.2) is 47.1 Å². The molecule has 1 heterocycles. The van der Waals surface area contributed by atoms with Crippen molar-refractivity contribution in [2.45, 2.75) is 13.0 Å². The van der Waals surface area contributed by atoms with Crippen LogP contribution in [0.25, 0.3) is 0 Å². The molecule has 0 bridgehead atoms. The van der Waals surface area contributed by atoms with Gasteiger partial charge in [0.2, 0.25) is 0 Å². The fraction of sp³-hybridized carbons (Fsp3) is 0.333. The molecule has 2 rings (SSSR count). The maximum Gasteiger partial charge on any atom is 0.105 e. The molecular formula is C15H20N2O. The molecular weight excluding hydrogens is 224 g/mol. The van der Waals surface area contributed by atoms with E-state index in [-0.39, 0.29) is 0 Å². The SMILES string of the molecule is CN(C)c1ccc(CNCCc2ccco2)cc1. The molecule has 0 saturated carbocycles. The topological polar surface area (TPSA) is 28.4 Å². The quantitative estimate of drug-likeness (QED) is 0.792. The molecule has 0 aliphatic heterocycles.